The zero-order valence-corrected chi connectivity index (χ0v) is 10.0. The van der Waals surface area contributed by atoms with E-state index in [4.69, 9.17) is 5.73 Å². The maximum Gasteiger partial charge on any atom is 0.409 e. The maximum absolute atomic E-state index is 11.8. The molecule has 0 aliphatic carbocycles. The van der Waals surface area contributed by atoms with Crippen molar-refractivity contribution >= 4 is 12.0 Å². The Morgan fingerprint density at radius 3 is 1.94 bits per heavy atom. The molecule has 1 rings (SSSR count). The second-order valence-corrected chi connectivity index (χ2v) is 4.47. The molecule has 2 amide bonds. The molecule has 1 saturated heterocycles. The van der Waals surface area contributed by atoms with Crippen LogP contribution in [-0.4, -0.2) is 60.6 Å². The van der Waals surface area contributed by atoms with Crippen molar-refractivity contribution in [1.29, 1.82) is 0 Å². The summed E-state index contributed by atoms with van der Waals surface area (Å²) in [6.07, 6.45) is -0.348. The van der Waals surface area contributed by atoms with Gasteiger partial charge in [-0.2, -0.15) is 0 Å². The Morgan fingerprint density at radius 2 is 1.56 bits per heavy atom. The van der Waals surface area contributed by atoms with Gasteiger partial charge in [0, 0.05) is 26.2 Å². The molecule has 1 aliphatic heterocycles. The molecule has 1 aliphatic rings. The highest BCUT2D eigenvalue weighted by Gasteiger charge is 2.31. The molecule has 0 atom stereocenters. The molecule has 16 heavy (non-hydrogen) atoms. The number of ether oxygens (including phenoxy) is 1. The predicted molar refractivity (Wildman–Crippen MR) is 58.8 cm³/mol. The minimum Gasteiger partial charge on any atom is -0.453 e. The molecule has 0 bridgehead atoms. The molecule has 0 unspecified atom stereocenters. The number of methoxy groups -OCH3 is 1. The number of hydrogen-bond donors (Lipinski definition) is 1. The Labute approximate surface area is 95.3 Å². The summed E-state index contributed by atoms with van der Waals surface area (Å²) in [5, 5.41) is 0. The number of hydrogen-bond acceptors (Lipinski definition) is 4. The molecule has 0 aromatic rings. The van der Waals surface area contributed by atoms with Gasteiger partial charge in [-0.1, -0.05) is 0 Å². The van der Waals surface area contributed by atoms with Gasteiger partial charge in [0.1, 0.15) is 0 Å². The normalized spacial score (nSPS) is 17.2. The van der Waals surface area contributed by atoms with Crippen molar-refractivity contribution in [3.05, 3.63) is 0 Å². The Bertz CT molecular complexity index is 278. The number of amides is 2. The van der Waals surface area contributed by atoms with Gasteiger partial charge >= 0.3 is 6.09 Å². The SMILES string of the molecule is COC(=O)N1CCN(C(=O)C(C)(C)N)CC1. The number of rotatable bonds is 1. The standard InChI is InChI=1S/C10H19N3O3/c1-10(2,11)8(14)12-4-6-13(7-5-12)9(15)16-3/h4-7,11H2,1-3H3. The maximum atomic E-state index is 11.8. The molecule has 92 valence electrons. The van der Waals surface area contributed by atoms with Gasteiger partial charge < -0.3 is 20.3 Å². The third-order valence-corrected chi connectivity index (χ3v) is 2.55. The molecule has 1 heterocycles. The fourth-order valence-corrected chi connectivity index (χ4v) is 1.63. The van der Waals surface area contributed by atoms with Crippen LogP contribution in [-0.2, 0) is 9.53 Å². The summed E-state index contributed by atoms with van der Waals surface area (Å²) in [5.41, 5.74) is 4.88. The first-order chi connectivity index (χ1) is 7.36. The lowest BCUT2D eigenvalue weighted by atomic mass is 10.1. The predicted octanol–water partition coefficient (Wildman–Crippen LogP) is -0.366. The Balaban J connectivity index is 2.49. The molecule has 0 saturated carbocycles. The van der Waals surface area contributed by atoms with Gasteiger partial charge in [-0.15, -0.1) is 0 Å². The molecule has 0 radical (unpaired) electrons. The van der Waals surface area contributed by atoms with Crippen LogP contribution in [0.2, 0.25) is 0 Å². The number of piperazine rings is 1. The Morgan fingerprint density at radius 1 is 1.12 bits per heavy atom. The van der Waals surface area contributed by atoms with Crippen molar-refractivity contribution in [3.63, 3.8) is 0 Å². The van der Waals surface area contributed by atoms with Crippen LogP contribution >= 0.6 is 0 Å². The first-order valence-corrected chi connectivity index (χ1v) is 5.27. The van der Waals surface area contributed by atoms with E-state index in [2.05, 4.69) is 4.74 Å². The molecular formula is C10H19N3O3. The summed E-state index contributed by atoms with van der Waals surface area (Å²) < 4.78 is 4.61. The lowest BCUT2D eigenvalue weighted by Gasteiger charge is -2.36. The second kappa shape index (κ2) is 4.69. The number of nitrogens with two attached hydrogens (primary N) is 1. The van der Waals surface area contributed by atoms with Gasteiger partial charge in [0.05, 0.1) is 12.6 Å². The van der Waals surface area contributed by atoms with Gasteiger partial charge in [-0.25, -0.2) is 4.79 Å². The van der Waals surface area contributed by atoms with Crippen LogP contribution in [0.4, 0.5) is 4.79 Å². The summed E-state index contributed by atoms with van der Waals surface area (Å²) in [6.45, 7) is 5.37. The van der Waals surface area contributed by atoms with E-state index in [9.17, 15) is 9.59 Å². The van der Waals surface area contributed by atoms with E-state index >= 15 is 0 Å². The molecule has 2 N–H and O–H groups in total. The third-order valence-electron chi connectivity index (χ3n) is 2.55. The second-order valence-electron chi connectivity index (χ2n) is 4.47. The van der Waals surface area contributed by atoms with Crippen LogP contribution in [0, 0.1) is 0 Å². The van der Waals surface area contributed by atoms with E-state index in [-0.39, 0.29) is 12.0 Å². The van der Waals surface area contributed by atoms with Gasteiger partial charge in [0.25, 0.3) is 0 Å². The van der Waals surface area contributed by atoms with Crippen molar-refractivity contribution in [3.8, 4) is 0 Å². The highest BCUT2D eigenvalue weighted by molar-refractivity contribution is 5.85. The molecule has 6 nitrogen and oxygen atoms in total. The quantitative estimate of drug-likeness (QED) is 0.666. The zero-order chi connectivity index (χ0) is 12.3. The summed E-state index contributed by atoms with van der Waals surface area (Å²) in [6, 6.07) is 0. The summed E-state index contributed by atoms with van der Waals surface area (Å²) in [4.78, 5) is 26.3. The molecular weight excluding hydrogens is 210 g/mol. The van der Waals surface area contributed by atoms with Gasteiger partial charge in [0.15, 0.2) is 0 Å². The average molecular weight is 229 g/mol. The highest BCUT2D eigenvalue weighted by Crippen LogP contribution is 2.09. The van der Waals surface area contributed by atoms with E-state index in [1.165, 1.54) is 7.11 Å². The topological polar surface area (TPSA) is 75.9 Å². The van der Waals surface area contributed by atoms with E-state index in [0.29, 0.717) is 26.2 Å². The largest absolute Gasteiger partial charge is 0.453 e. The summed E-state index contributed by atoms with van der Waals surface area (Å²) in [5.74, 6) is -0.0861. The third kappa shape index (κ3) is 2.85. The van der Waals surface area contributed by atoms with Gasteiger partial charge in [-0.3, -0.25) is 4.79 Å². The van der Waals surface area contributed by atoms with Crippen LogP contribution in [0.25, 0.3) is 0 Å². The first-order valence-electron chi connectivity index (χ1n) is 5.27. The van der Waals surface area contributed by atoms with E-state index in [1.54, 1.807) is 23.6 Å². The van der Waals surface area contributed by atoms with Crippen LogP contribution in [0.15, 0.2) is 0 Å². The average Bonchev–Trinajstić information content (AvgIpc) is 2.26. The first kappa shape index (κ1) is 12.8. The van der Waals surface area contributed by atoms with Crippen molar-refractivity contribution in [2.24, 2.45) is 5.73 Å². The number of nitrogens with zero attached hydrogens (tertiary/aromatic N) is 2. The van der Waals surface area contributed by atoms with E-state index < -0.39 is 5.54 Å². The van der Waals surface area contributed by atoms with Crippen LogP contribution in [0.5, 0.6) is 0 Å². The highest BCUT2D eigenvalue weighted by atomic mass is 16.5. The zero-order valence-electron chi connectivity index (χ0n) is 10.0. The minimum atomic E-state index is -0.854. The molecule has 0 spiro atoms. The van der Waals surface area contributed by atoms with E-state index in [0.717, 1.165) is 0 Å². The Kier molecular flexibility index (Phi) is 3.74. The molecule has 1 fully saturated rings. The minimum absolute atomic E-state index is 0.0861. The smallest absolute Gasteiger partial charge is 0.409 e. The van der Waals surface area contributed by atoms with Crippen molar-refractivity contribution in [1.82, 2.24) is 9.80 Å². The summed E-state index contributed by atoms with van der Waals surface area (Å²) >= 11 is 0. The van der Waals surface area contributed by atoms with Gasteiger partial charge in [-0.05, 0) is 13.8 Å². The molecule has 0 aromatic heterocycles. The molecule has 0 aromatic carbocycles. The Hall–Kier alpha value is -1.30. The fourth-order valence-electron chi connectivity index (χ4n) is 1.63. The lowest BCUT2D eigenvalue weighted by Crippen LogP contribution is -2.57. The number of carbonyl (C=O) groups excluding carboxylic acids is 2. The van der Waals surface area contributed by atoms with Crippen molar-refractivity contribution in [2.45, 2.75) is 19.4 Å². The fraction of sp³-hybridized carbons (Fsp3) is 0.800. The van der Waals surface area contributed by atoms with Crippen molar-refractivity contribution in [2.75, 3.05) is 33.3 Å². The van der Waals surface area contributed by atoms with Crippen LogP contribution in [0.1, 0.15) is 13.8 Å². The van der Waals surface area contributed by atoms with Gasteiger partial charge in [0.2, 0.25) is 5.91 Å². The monoisotopic (exact) mass is 229 g/mol. The van der Waals surface area contributed by atoms with E-state index in [1.807, 2.05) is 0 Å². The van der Waals surface area contributed by atoms with Crippen molar-refractivity contribution < 1.29 is 14.3 Å². The lowest BCUT2D eigenvalue weighted by molar-refractivity contribution is -0.137. The van der Waals surface area contributed by atoms with Crippen LogP contribution < -0.4 is 5.73 Å². The summed E-state index contributed by atoms with van der Waals surface area (Å²) in [7, 11) is 1.35. The van der Waals surface area contributed by atoms with Crippen LogP contribution in [0.3, 0.4) is 0 Å². The number of carbonyl (C=O) groups is 2. The molecule has 6 heteroatoms.